The zero-order chi connectivity index (χ0) is 14.8. The summed E-state index contributed by atoms with van der Waals surface area (Å²) in [6, 6.07) is 2.49. The Bertz CT molecular complexity index is 505. The van der Waals surface area contributed by atoms with Gasteiger partial charge in [0.15, 0.2) is 11.6 Å². The molecule has 0 spiro atoms. The lowest BCUT2D eigenvalue weighted by atomic mass is 9.97. The number of nitrogens with zero attached hydrogens (tertiary/aromatic N) is 1. The highest BCUT2D eigenvalue weighted by molar-refractivity contribution is 5.85. The molecular formula is C16H23ClF2N2O. The largest absolute Gasteiger partial charge is 0.494 e. The molecule has 0 bridgehead atoms. The van der Waals surface area contributed by atoms with E-state index in [-0.39, 0.29) is 29.8 Å². The van der Waals surface area contributed by atoms with Crippen LogP contribution in [-0.2, 0) is 0 Å². The van der Waals surface area contributed by atoms with Crippen LogP contribution in [0.25, 0.3) is 0 Å². The summed E-state index contributed by atoms with van der Waals surface area (Å²) in [4.78, 5) is 2.20. The summed E-state index contributed by atoms with van der Waals surface area (Å²) in [5.74, 6) is -0.267. The monoisotopic (exact) mass is 332 g/mol. The van der Waals surface area contributed by atoms with Gasteiger partial charge in [-0.2, -0.15) is 0 Å². The number of hydrogen-bond acceptors (Lipinski definition) is 3. The normalized spacial score (nSPS) is 20.3. The van der Waals surface area contributed by atoms with Gasteiger partial charge >= 0.3 is 0 Å². The van der Waals surface area contributed by atoms with E-state index in [4.69, 9.17) is 4.74 Å². The van der Waals surface area contributed by atoms with Crippen LogP contribution in [0.2, 0.25) is 0 Å². The van der Waals surface area contributed by atoms with Crippen LogP contribution in [0.1, 0.15) is 30.9 Å². The Morgan fingerprint density at radius 3 is 2.55 bits per heavy atom. The lowest BCUT2D eigenvalue weighted by Gasteiger charge is -2.35. The molecule has 0 radical (unpaired) electrons. The molecule has 124 valence electrons. The van der Waals surface area contributed by atoms with Gasteiger partial charge in [-0.1, -0.05) is 12.8 Å². The molecule has 0 aromatic heterocycles. The molecule has 1 saturated carbocycles. The smallest absolute Gasteiger partial charge is 0.172 e. The molecule has 2 fully saturated rings. The number of methoxy groups -OCH3 is 1. The first kappa shape index (κ1) is 17.4. The number of nitrogens with one attached hydrogen (secondary N) is 1. The Kier molecular flexibility index (Phi) is 6.01. The molecular weight excluding hydrogens is 310 g/mol. The maximum atomic E-state index is 14.6. The minimum absolute atomic E-state index is 0. The molecule has 1 aliphatic carbocycles. The van der Waals surface area contributed by atoms with Crippen LogP contribution < -0.4 is 10.1 Å². The number of hydrogen-bond donors (Lipinski definition) is 1. The molecule has 22 heavy (non-hydrogen) atoms. The molecule has 1 saturated heterocycles. The third-order valence-corrected chi connectivity index (χ3v) is 4.49. The van der Waals surface area contributed by atoms with Crippen molar-refractivity contribution < 1.29 is 13.5 Å². The van der Waals surface area contributed by atoms with E-state index in [0.29, 0.717) is 5.92 Å². The first-order chi connectivity index (χ1) is 10.2. The predicted molar refractivity (Wildman–Crippen MR) is 84.7 cm³/mol. The van der Waals surface area contributed by atoms with E-state index in [1.807, 2.05) is 0 Å². The van der Waals surface area contributed by atoms with Crippen molar-refractivity contribution >= 4 is 12.4 Å². The van der Waals surface area contributed by atoms with Crippen molar-refractivity contribution in [1.82, 2.24) is 10.2 Å². The Morgan fingerprint density at radius 2 is 1.95 bits per heavy atom. The standard InChI is InChI=1S/C16H22F2N2O.ClH/c1-21-14-5-4-12(17)15(16(14)18)13(10-11-2-3-11)20-8-6-19-7-9-20;/h4-5,11,13,19H,2-3,6-10H2,1H3;1H/t13-;/m0./s1. The van der Waals surface area contributed by atoms with Crippen LogP contribution >= 0.6 is 12.4 Å². The number of ether oxygens (including phenoxy) is 1. The average molecular weight is 333 g/mol. The van der Waals surface area contributed by atoms with E-state index in [1.165, 1.54) is 32.1 Å². The van der Waals surface area contributed by atoms with E-state index in [1.54, 1.807) is 0 Å². The molecule has 1 aliphatic heterocycles. The molecule has 1 heterocycles. The van der Waals surface area contributed by atoms with Gasteiger partial charge in [0.05, 0.1) is 7.11 Å². The van der Waals surface area contributed by atoms with Crippen molar-refractivity contribution in [2.75, 3.05) is 33.3 Å². The Hall–Kier alpha value is -0.910. The minimum atomic E-state index is -0.540. The molecule has 3 nitrogen and oxygen atoms in total. The second kappa shape index (κ2) is 7.57. The van der Waals surface area contributed by atoms with Gasteiger partial charge in [0.2, 0.25) is 0 Å². The van der Waals surface area contributed by atoms with Crippen LogP contribution in [0, 0.1) is 17.6 Å². The van der Waals surface area contributed by atoms with Crippen molar-refractivity contribution in [3.63, 3.8) is 0 Å². The lowest BCUT2D eigenvalue weighted by Crippen LogP contribution is -2.45. The molecule has 2 aliphatic rings. The summed E-state index contributed by atoms with van der Waals surface area (Å²) in [7, 11) is 1.42. The molecule has 1 aromatic carbocycles. The topological polar surface area (TPSA) is 24.5 Å². The van der Waals surface area contributed by atoms with Gasteiger partial charge in [-0.3, -0.25) is 4.90 Å². The second-order valence-electron chi connectivity index (χ2n) is 5.96. The van der Waals surface area contributed by atoms with Crippen molar-refractivity contribution in [1.29, 1.82) is 0 Å². The summed E-state index contributed by atoms with van der Waals surface area (Å²) >= 11 is 0. The number of rotatable bonds is 5. The SMILES string of the molecule is COc1ccc(F)c([C@H](CC2CC2)N2CCNCC2)c1F.Cl. The zero-order valence-electron chi connectivity index (χ0n) is 12.8. The maximum absolute atomic E-state index is 14.6. The summed E-state index contributed by atoms with van der Waals surface area (Å²) in [5, 5.41) is 3.29. The highest BCUT2D eigenvalue weighted by atomic mass is 35.5. The van der Waals surface area contributed by atoms with Crippen molar-refractivity contribution in [2.45, 2.75) is 25.3 Å². The lowest BCUT2D eigenvalue weighted by molar-refractivity contribution is 0.153. The first-order valence-electron chi connectivity index (χ1n) is 7.67. The minimum Gasteiger partial charge on any atom is -0.494 e. The molecule has 0 amide bonds. The fourth-order valence-electron chi connectivity index (χ4n) is 3.13. The molecule has 3 rings (SSSR count). The van der Waals surface area contributed by atoms with Crippen molar-refractivity contribution in [3.05, 3.63) is 29.3 Å². The second-order valence-corrected chi connectivity index (χ2v) is 5.96. The van der Waals surface area contributed by atoms with E-state index < -0.39 is 11.6 Å². The number of piperazine rings is 1. The molecule has 1 N–H and O–H groups in total. The summed E-state index contributed by atoms with van der Waals surface area (Å²) in [6.07, 6.45) is 3.19. The zero-order valence-corrected chi connectivity index (χ0v) is 13.6. The third kappa shape index (κ3) is 3.70. The van der Waals surface area contributed by atoms with Gasteiger partial charge in [0.25, 0.3) is 0 Å². The molecule has 1 atom stereocenters. The van der Waals surface area contributed by atoms with Crippen LogP contribution in [0.5, 0.6) is 5.75 Å². The maximum Gasteiger partial charge on any atom is 0.172 e. The van der Waals surface area contributed by atoms with Crippen molar-refractivity contribution in [3.8, 4) is 5.75 Å². The Labute approximate surface area is 136 Å². The quantitative estimate of drug-likeness (QED) is 0.896. The van der Waals surface area contributed by atoms with Crippen LogP contribution in [0.3, 0.4) is 0 Å². The first-order valence-corrected chi connectivity index (χ1v) is 7.67. The van der Waals surface area contributed by atoms with Crippen LogP contribution in [0.15, 0.2) is 12.1 Å². The van der Waals surface area contributed by atoms with Crippen LogP contribution in [0.4, 0.5) is 8.78 Å². The van der Waals surface area contributed by atoms with E-state index in [0.717, 1.165) is 32.6 Å². The van der Waals surface area contributed by atoms with Crippen molar-refractivity contribution in [2.24, 2.45) is 5.92 Å². The Balaban J connectivity index is 0.00000176. The van der Waals surface area contributed by atoms with E-state index in [2.05, 4.69) is 10.2 Å². The molecule has 1 aromatic rings. The van der Waals surface area contributed by atoms with Gasteiger partial charge < -0.3 is 10.1 Å². The van der Waals surface area contributed by atoms with Gasteiger partial charge in [0, 0.05) is 37.8 Å². The predicted octanol–water partition coefficient (Wildman–Crippen LogP) is 3.14. The van der Waals surface area contributed by atoms with Crippen LogP contribution in [-0.4, -0.2) is 38.2 Å². The summed E-state index contributed by atoms with van der Waals surface area (Å²) < 4.78 is 33.9. The third-order valence-electron chi connectivity index (χ3n) is 4.49. The van der Waals surface area contributed by atoms with Gasteiger partial charge in [-0.15, -0.1) is 12.4 Å². The van der Waals surface area contributed by atoms with E-state index >= 15 is 0 Å². The van der Waals surface area contributed by atoms with Gasteiger partial charge in [-0.05, 0) is 24.5 Å². The number of benzene rings is 1. The average Bonchev–Trinajstić information content (AvgIpc) is 3.31. The van der Waals surface area contributed by atoms with Gasteiger partial charge in [-0.25, -0.2) is 8.78 Å². The van der Waals surface area contributed by atoms with E-state index in [9.17, 15) is 8.78 Å². The highest BCUT2D eigenvalue weighted by Crippen LogP contribution is 2.42. The van der Waals surface area contributed by atoms with Gasteiger partial charge in [0.1, 0.15) is 5.82 Å². The summed E-state index contributed by atoms with van der Waals surface area (Å²) in [5.41, 5.74) is 0.183. The molecule has 6 heteroatoms. The number of halogens is 3. The highest BCUT2D eigenvalue weighted by Gasteiger charge is 2.34. The molecule has 0 unspecified atom stereocenters. The fraction of sp³-hybridized carbons (Fsp3) is 0.625. The summed E-state index contributed by atoms with van der Waals surface area (Å²) in [6.45, 7) is 3.39. The Morgan fingerprint density at radius 1 is 1.27 bits per heavy atom. The fourth-order valence-corrected chi connectivity index (χ4v) is 3.13.